The maximum absolute atomic E-state index is 13.2. The van der Waals surface area contributed by atoms with Gasteiger partial charge in [0.15, 0.2) is 6.10 Å². The van der Waals surface area contributed by atoms with Gasteiger partial charge in [-0.3, -0.25) is 4.79 Å². The van der Waals surface area contributed by atoms with Crippen LogP contribution >= 0.6 is 15.9 Å². The second-order valence-electron chi connectivity index (χ2n) is 4.95. The van der Waals surface area contributed by atoms with Gasteiger partial charge in [0.05, 0.1) is 10.6 Å². The third-order valence-corrected chi connectivity index (χ3v) is 3.83. The molecule has 1 fully saturated rings. The lowest BCUT2D eigenvalue weighted by atomic mass is 10.2. The van der Waals surface area contributed by atoms with Crippen LogP contribution < -0.4 is 10.1 Å². The van der Waals surface area contributed by atoms with E-state index in [1.165, 1.54) is 6.07 Å². The van der Waals surface area contributed by atoms with Crippen LogP contribution in [-0.2, 0) is 9.53 Å². The number of hydrogen-bond donors (Lipinski definition) is 1. The second kappa shape index (κ2) is 6.06. The fourth-order valence-corrected chi connectivity index (χ4v) is 2.31. The van der Waals surface area contributed by atoms with Crippen LogP contribution in [0, 0.1) is 5.82 Å². The van der Waals surface area contributed by atoms with Crippen LogP contribution in [0.5, 0.6) is 11.5 Å². The minimum atomic E-state index is -0.354. The minimum absolute atomic E-state index is 0.0143. The molecule has 0 spiro atoms. The van der Waals surface area contributed by atoms with Crippen LogP contribution in [0.4, 0.5) is 10.1 Å². The Balaban J connectivity index is 1.63. The molecule has 114 valence electrons. The number of anilines is 1. The molecule has 0 unspecified atom stereocenters. The normalized spacial score (nSPS) is 19.6. The van der Waals surface area contributed by atoms with Gasteiger partial charge < -0.3 is 14.8 Å². The van der Waals surface area contributed by atoms with E-state index in [1.807, 2.05) is 6.92 Å². The van der Waals surface area contributed by atoms with Crippen LogP contribution in [0.15, 0.2) is 46.9 Å². The molecular formula is C16H13BrFNO3. The third-order valence-electron chi connectivity index (χ3n) is 3.22. The maximum atomic E-state index is 13.2. The lowest BCUT2D eigenvalue weighted by Gasteiger charge is -2.08. The first-order chi connectivity index (χ1) is 10.5. The molecule has 3 rings (SSSR count). The topological polar surface area (TPSA) is 50.9 Å². The molecule has 0 bridgehead atoms. The molecule has 0 saturated carbocycles. The van der Waals surface area contributed by atoms with E-state index in [0.29, 0.717) is 21.7 Å². The summed E-state index contributed by atoms with van der Waals surface area (Å²) >= 11 is 3.11. The van der Waals surface area contributed by atoms with Gasteiger partial charge in [-0.1, -0.05) is 0 Å². The third kappa shape index (κ3) is 3.45. The van der Waals surface area contributed by atoms with Gasteiger partial charge in [-0.15, -0.1) is 0 Å². The zero-order valence-corrected chi connectivity index (χ0v) is 13.3. The van der Waals surface area contributed by atoms with Crippen LogP contribution in [0.2, 0.25) is 0 Å². The van der Waals surface area contributed by atoms with Crippen molar-refractivity contribution in [3.05, 3.63) is 52.8 Å². The van der Waals surface area contributed by atoms with Gasteiger partial charge >= 0.3 is 0 Å². The maximum Gasteiger partial charge on any atom is 0.256 e. The molecule has 1 aliphatic rings. The molecule has 1 heterocycles. The molecule has 2 aromatic rings. The van der Waals surface area contributed by atoms with E-state index in [2.05, 4.69) is 21.2 Å². The molecule has 0 radical (unpaired) electrons. The van der Waals surface area contributed by atoms with E-state index < -0.39 is 0 Å². The smallest absolute Gasteiger partial charge is 0.256 e. The van der Waals surface area contributed by atoms with Gasteiger partial charge in [0, 0.05) is 5.69 Å². The van der Waals surface area contributed by atoms with E-state index >= 15 is 0 Å². The largest absolute Gasteiger partial charge is 0.457 e. The minimum Gasteiger partial charge on any atom is -0.457 e. The Hall–Kier alpha value is -1.92. The van der Waals surface area contributed by atoms with E-state index in [-0.39, 0.29) is 23.9 Å². The number of ether oxygens (including phenoxy) is 2. The molecule has 0 aliphatic carbocycles. The molecule has 1 aliphatic heterocycles. The van der Waals surface area contributed by atoms with Crippen molar-refractivity contribution in [2.75, 3.05) is 5.32 Å². The lowest BCUT2D eigenvalue weighted by Crippen LogP contribution is -2.19. The number of nitrogens with one attached hydrogen (secondary N) is 1. The first-order valence-corrected chi connectivity index (χ1v) is 7.51. The molecule has 1 saturated heterocycles. The molecule has 2 aromatic carbocycles. The highest BCUT2D eigenvalue weighted by Gasteiger charge is 2.41. The summed E-state index contributed by atoms with van der Waals surface area (Å²) in [5.74, 6) is 0.614. The molecule has 1 N–H and O–H groups in total. The Morgan fingerprint density at radius 2 is 1.86 bits per heavy atom. The summed E-state index contributed by atoms with van der Waals surface area (Å²) < 4.78 is 24.2. The molecule has 2 atom stereocenters. The molecule has 22 heavy (non-hydrogen) atoms. The molecule has 0 aromatic heterocycles. The average molecular weight is 366 g/mol. The van der Waals surface area contributed by atoms with Crippen molar-refractivity contribution in [3.63, 3.8) is 0 Å². The van der Waals surface area contributed by atoms with Gasteiger partial charge in [-0.05, 0) is 65.3 Å². The second-order valence-corrected chi connectivity index (χ2v) is 5.81. The van der Waals surface area contributed by atoms with Crippen molar-refractivity contribution in [2.24, 2.45) is 0 Å². The standard InChI is InChI=1S/C16H13BrFNO3/c1-9-15(21-9)16(20)19-10-2-4-11(5-3-10)22-12-6-7-14(18)13(17)8-12/h2-9,15H,1H3,(H,19,20)/t9-,15+/m0/s1. The summed E-state index contributed by atoms with van der Waals surface area (Å²) in [6.45, 7) is 1.85. The van der Waals surface area contributed by atoms with Crippen LogP contribution in [0.3, 0.4) is 0 Å². The predicted octanol–water partition coefficient (Wildman–Crippen LogP) is 4.11. The number of halogens is 2. The zero-order chi connectivity index (χ0) is 15.7. The van der Waals surface area contributed by atoms with Crippen molar-refractivity contribution in [3.8, 4) is 11.5 Å². The Morgan fingerprint density at radius 1 is 1.23 bits per heavy atom. The fraction of sp³-hybridized carbons (Fsp3) is 0.188. The van der Waals surface area contributed by atoms with Gasteiger partial charge in [-0.2, -0.15) is 0 Å². The van der Waals surface area contributed by atoms with Crippen LogP contribution in [-0.4, -0.2) is 18.1 Å². The number of epoxide rings is 1. The number of carbonyl (C=O) groups excluding carboxylic acids is 1. The number of rotatable bonds is 4. The van der Waals surface area contributed by atoms with Crippen LogP contribution in [0.25, 0.3) is 0 Å². The molecule has 4 nitrogen and oxygen atoms in total. The van der Waals surface area contributed by atoms with Crippen molar-refractivity contribution >= 4 is 27.5 Å². The number of benzene rings is 2. The average Bonchev–Trinajstić information content (AvgIpc) is 3.22. The first-order valence-electron chi connectivity index (χ1n) is 6.72. The van der Waals surface area contributed by atoms with Gasteiger partial charge in [0.25, 0.3) is 5.91 Å². The molecule has 6 heteroatoms. The van der Waals surface area contributed by atoms with Gasteiger partial charge in [-0.25, -0.2) is 4.39 Å². The summed E-state index contributed by atoms with van der Waals surface area (Å²) in [5, 5.41) is 2.77. The highest BCUT2D eigenvalue weighted by Crippen LogP contribution is 2.28. The SMILES string of the molecule is C[C@@H]1O[C@H]1C(=O)Nc1ccc(Oc2ccc(F)c(Br)c2)cc1. The van der Waals surface area contributed by atoms with Crippen molar-refractivity contribution in [2.45, 2.75) is 19.1 Å². The lowest BCUT2D eigenvalue weighted by molar-refractivity contribution is -0.117. The van der Waals surface area contributed by atoms with Crippen molar-refractivity contribution in [1.29, 1.82) is 0 Å². The van der Waals surface area contributed by atoms with Crippen molar-refractivity contribution in [1.82, 2.24) is 0 Å². The van der Waals surface area contributed by atoms with Crippen LogP contribution in [0.1, 0.15) is 6.92 Å². The number of hydrogen-bond acceptors (Lipinski definition) is 3. The predicted molar refractivity (Wildman–Crippen MR) is 83.6 cm³/mol. The van der Waals surface area contributed by atoms with Gasteiger partial charge in [0.2, 0.25) is 0 Å². The van der Waals surface area contributed by atoms with Gasteiger partial charge in [0.1, 0.15) is 17.3 Å². The van der Waals surface area contributed by atoms with E-state index in [1.54, 1.807) is 36.4 Å². The monoisotopic (exact) mass is 365 g/mol. The zero-order valence-electron chi connectivity index (χ0n) is 11.7. The Kier molecular flexibility index (Phi) is 4.13. The highest BCUT2D eigenvalue weighted by molar-refractivity contribution is 9.10. The van der Waals surface area contributed by atoms with Crippen molar-refractivity contribution < 1.29 is 18.7 Å². The summed E-state index contributed by atoms with van der Waals surface area (Å²) in [5.41, 5.74) is 0.667. The Bertz CT molecular complexity index is 705. The Morgan fingerprint density at radius 3 is 2.45 bits per heavy atom. The quantitative estimate of drug-likeness (QED) is 0.829. The summed E-state index contributed by atoms with van der Waals surface area (Å²) in [6, 6.07) is 11.3. The molecular weight excluding hydrogens is 353 g/mol. The summed E-state index contributed by atoms with van der Waals surface area (Å²) in [7, 11) is 0. The Labute approximate surface area is 135 Å². The number of carbonyl (C=O) groups is 1. The summed E-state index contributed by atoms with van der Waals surface area (Å²) in [6.07, 6.45) is -0.368. The van der Waals surface area contributed by atoms with E-state index in [0.717, 1.165) is 0 Å². The fourth-order valence-electron chi connectivity index (χ4n) is 1.96. The van der Waals surface area contributed by atoms with E-state index in [9.17, 15) is 9.18 Å². The first kappa shape index (κ1) is 15.0. The summed E-state index contributed by atoms with van der Waals surface area (Å²) in [4.78, 5) is 11.7. The number of amides is 1. The van der Waals surface area contributed by atoms with E-state index in [4.69, 9.17) is 9.47 Å². The molecule has 1 amide bonds. The highest BCUT2D eigenvalue weighted by atomic mass is 79.9.